The highest BCUT2D eigenvalue weighted by Crippen LogP contribution is 2.62. The molecule has 1 saturated carbocycles. The highest BCUT2D eigenvalue weighted by Gasteiger charge is 2.69. The fourth-order valence-corrected chi connectivity index (χ4v) is 4.52. The molecule has 0 radical (unpaired) electrons. The number of esters is 1. The number of carbonyl (C=O) groups excluding carboxylic acids is 2. The number of benzene rings is 1. The Morgan fingerprint density at radius 3 is 2.48 bits per heavy atom. The molecule has 146 valence electrons. The molecule has 6 heteroatoms. The molecular weight excluding hydrogens is 346 g/mol. The van der Waals surface area contributed by atoms with Gasteiger partial charge in [0.2, 0.25) is 0 Å². The maximum atomic E-state index is 12.9. The molecule has 0 unspecified atom stereocenters. The normalized spacial score (nSPS) is 34.2. The van der Waals surface area contributed by atoms with Gasteiger partial charge < -0.3 is 14.2 Å². The lowest BCUT2D eigenvalue weighted by Crippen LogP contribution is -2.54. The molecule has 4 rings (SSSR count). The monoisotopic (exact) mass is 373 g/mol. The number of ether oxygens (including phenoxy) is 3. The molecule has 5 atom stereocenters. The van der Waals surface area contributed by atoms with Crippen molar-refractivity contribution in [3.63, 3.8) is 0 Å². The standard InChI is InChI=1S/C21H27NO5/c1-20(2,3)27-19(24)22-13(11-25-21(22,4)5)17-15-14(16(15)18(23)26-17)12-9-7-6-8-10-12/h6-10,13-17H,11H2,1-5H3/t13-,14+,15-,16+,17+/m0/s1. The summed E-state index contributed by atoms with van der Waals surface area (Å²) in [5.41, 5.74) is -0.271. The molecule has 2 aliphatic heterocycles. The van der Waals surface area contributed by atoms with E-state index in [-0.39, 0.29) is 35.9 Å². The van der Waals surface area contributed by atoms with Gasteiger partial charge in [0, 0.05) is 11.8 Å². The molecule has 2 saturated heterocycles. The summed E-state index contributed by atoms with van der Waals surface area (Å²) in [5, 5.41) is 0. The maximum Gasteiger partial charge on any atom is 0.413 e. The van der Waals surface area contributed by atoms with Crippen LogP contribution in [0, 0.1) is 11.8 Å². The first-order valence-corrected chi connectivity index (χ1v) is 9.52. The minimum Gasteiger partial charge on any atom is -0.459 e. The summed E-state index contributed by atoms with van der Waals surface area (Å²) in [5.74, 6) is -0.0664. The third kappa shape index (κ3) is 3.10. The van der Waals surface area contributed by atoms with E-state index in [0.717, 1.165) is 5.56 Å². The van der Waals surface area contributed by atoms with Crippen LogP contribution in [0.15, 0.2) is 30.3 Å². The Labute approximate surface area is 159 Å². The van der Waals surface area contributed by atoms with Crippen LogP contribution in [0.1, 0.15) is 46.1 Å². The summed E-state index contributed by atoms with van der Waals surface area (Å²) in [6.07, 6.45) is -0.812. The van der Waals surface area contributed by atoms with E-state index in [1.54, 1.807) is 4.90 Å². The third-order valence-corrected chi connectivity index (χ3v) is 5.65. The van der Waals surface area contributed by atoms with Gasteiger partial charge in [-0.2, -0.15) is 0 Å². The molecule has 1 amide bonds. The molecule has 0 N–H and O–H groups in total. The van der Waals surface area contributed by atoms with E-state index < -0.39 is 17.4 Å². The smallest absolute Gasteiger partial charge is 0.413 e. The molecule has 0 aromatic heterocycles. The van der Waals surface area contributed by atoms with Crippen LogP contribution >= 0.6 is 0 Å². The summed E-state index contributed by atoms with van der Waals surface area (Å²) in [4.78, 5) is 26.9. The molecular formula is C21H27NO5. The van der Waals surface area contributed by atoms with E-state index in [4.69, 9.17) is 14.2 Å². The Balaban J connectivity index is 1.58. The van der Waals surface area contributed by atoms with Crippen molar-refractivity contribution in [3.05, 3.63) is 35.9 Å². The van der Waals surface area contributed by atoms with E-state index in [1.807, 2.05) is 65.0 Å². The molecule has 3 fully saturated rings. The number of carbonyl (C=O) groups is 2. The molecule has 2 heterocycles. The predicted molar refractivity (Wildman–Crippen MR) is 97.9 cm³/mol. The zero-order chi connectivity index (χ0) is 19.6. The summed E-state index contributed by atoms with van der Waals surface area (Å²) in [6, 6.07) is 9.69. The highest BCUT2D eigenvalue weighted by atomic mass is 16.6. The van der Waals surface area contributed by atoms with Gasteiger partial charge in [-0.15, -0.1) is 0 Å². The van der Waals surface area contributed by atoms with Crippen LogP contribution in [0.5, 0.6) is 0 Å². The van der Waals surface area contributed by atoms with Gasteiger partial charge in [-0.25, -0.2) is 4.79 Å². The lowest BCUT2D eigenvalue weighted by Gasteiger charge is -2.37. The number of nitrogens with zero attached hydrogens (tertiary/aromatic N) is 1. The summed E-state index contributed by atoms with van der Waals surface area (Å²) < 4.78 is 17.2. The molecule has 3 aliphatic rings. The van der Waals surface area contributed by atoms with Gasteiger partial charge in [0.05, 0.1) is 18.6 Å². The lowest BCUT2D eigenvalue weighted by molar-refractivity contribution is -0.148. The number of hydrogen-bond donors (Lipinski definition) is 0. The number of rotatable bonds is 2. The molecule has 1 aliphatic carbocycles. The van der Waals surface area contributed by atoms with Crippen molar-refractivity contribution in [2.75, 3.05) is 6.61 Å². The third-order valence-electron chi connectivity index (χ3n) is 5.65. The Kier molecular flexibility index (Phi) is 4.04. The van der Waals surface area contributed by atoms with E-state index in [1.165, 1.54) is 0 Å². The minimum absolute atomic E-state index is 0.0762. The van der Waals surface area contributed by atoms with Crippen molar-refractivity contribution in [2.24, 2.45) is 11.8 Å². The van der Waals surface area contributed by atoms with E-state index in [0.29, 0.717) is 6.61 Å². The first-order chi connectivity index (χ1) is 12.6. The van der Waals surface area contributed by atoms with Crippen molar-refractivity contribution < 1.29 is 23.8 Å². The van der Waals surface area contributed by atoms with Crippen LogP contribution in [0.2, 0.25) is 0 Å². The number of fused-ring (bicyclic) bond motifs is 1. The Morgan fingerprint density at radius 2 is 1.85 bits per heavy atom. The molecule has 6 nitrogen and oxygen atoms in total. The minimum atomic E-state index is -0.811. The molecule has 27 heavy (non-hydrogen) atoms. The first kappa shape index (κ1) is 18.3. The summed E-state index contributed by atoms with van der Waals surface area (Å²) in [7, 11) is 0. The van der Waals surface area contributed by atoms with Crippen LogP contribution < -0.4 is 0 Å². The van der Waals surface area contributed by atoms with Gasteiger partial charge in [-0.1, -0.05) is 30.3 Å². The number of hydrogen-bond acceptors (Lipinski definition) is 5. The van der Waals surface area contributed by atoms with Crippen LogP contribution in [0.4, 0.5) is 4.79 Å². The van der Waals surface area contributed by atoms with Crippen molar-refractivity contribution in [2.45, 2.75) is 64.0 Å². The van der Waals surface area contributed by atoms with Gasteiger partial charge in [0.25, 0.3) is 0 Å². The van der Waals surface area contributed by atoms with Crippen LogP contribution in [0.3, 0.4) is 0 Å². The topological polar surface area (TPSA) is 65.1 Å². The Hall–Kier alpha value is -2.08. The lowest BCUT2D eigenvalue weighted by atomic mass is 10.0. The largest absolute Gasteiger partial charge is 0.459 e. The SMILES string of the molecule is CC(C)(C)OC(=O)N1[C@H]([C@H]2OC(=O)[C@@H]3[C@H](c4ccccc4)[C@H]23)COC1(C)C. The van der Waals surface area contributed by atoms with Crippen molar-refractivity contribution in [3.8, 4) is 0 Å². The fourth-order valence-electron chi connectivity index (χ4n) is 4.52. The molecule has 0 bridgehead atoms. The Bertz CT molecular complexity index is 754. The number of amides is 1. The van der Waals surface area contributed by atoms with Gasteiger partial charge in [-0.05, 0) is 40.2 Å². The van der Waals surface area contributed by atoms with E-state index in [9.17, 15) is 9.59 Å². The van der Waals surface area contributed by atoms with Crippen molar-refractivity contribution >= 4 is 12.1 Å². The van der Waals surface area contributed by atoms with Crippen LogP contribution in [0.25, 0.3) is 0 Å². The van der Waals surface area contributed by atoms with Gasteiger partial charge in [0.1, 0.15) is 17.4 Å². The molecule has 0 spiro atoms. The summed E-state index contributed by atoms with van der Waals surface area (Å²) >= 11 is 0. The number of cyclic esters (lactones) is 1. The fraction of sp³-hybridized carbons (Fsp3) is 0.619. The quantitative estimate of drug-likeness (QED) is 0.744. The second-order valence-corrected chi connectivity index (χ2v) is 9.12. The van der Waals surface area contributed by atoms with E-state index >= 15 is 0 Å². The Morgan fingerprint density at radius 1 is 1.19 bits per heavy atom. The van der Waals surface area contributed by atoms with Crippen molar-refractivity contribution in [1.29, 1.82) is 0 Å². The van der Waals surface area contributed by atoms with E-state index in [2.05, 4.69) is 0 Å². The van der Waals surface area contributed by atoms with Gasteiger partial charge >= 0.3 is 12.1 Å². The summed E-state index contributed by atoms with van der Waals surface area (Å²) in [6.45, 7) is 9.51. The average molecular weight is 373 g/mol. The van der Waals surface area contributed by atoms with Gasteiger partial charge in [0.15, 0.2) is 0 Å². The van der Waals surface area contributed by atoms with Crippen LogP contribution in [-0.4, -0.2) is 47.0 Å². The zero-order valence-corrected chi connectivity index (χ0v) is 16.5. The molecule has 1 aromatic carbocycles. The molecule has 1 aromatic rings. The highest BCUT2D eigenvalue weighted by molar-refractivity contribution is 5.82. The average Bonchev–Trinajstić information content (AvgIpc) is 3.10. The maximum absolute atomic E-state index is 12.9. The van der Waals surface area contributed by atoms with Crippen LogP contribution in [-0.2, 0) is 19.0 Å². The zero-order valence-electron chi connectivity index (χ0n) is 16.5. The predicted octanol–water partition coefficient (Wildman–Crippen LogP) is 3.31. The van der Waals surface area contributed by atoms with Gasteiger partial charge in [-0.3, -0.25) is 9.69 Å². The first-order valence-electron chi connectivity index (χ1n) is 9.52. The second kappa shape index (κ2) is 5.96. The van der Waals surface area contributed by atoms with Crippen molar-refractivity contribution in [1.82, 2.24) is 4.90 Å². The second-order valence-electron chi connectivity index (χ2n) is 9.12.